The first kappa shape index (κ1) is 18.1. The standard InChI is InChI=1S/C19H19ClN2O4/c1-11(2)12-3-5-13(6-4-12)25-9-18(23)21-15-8-17-16(7-14(15)20)22-19(24)10-26-17/h3-8,11H,9-10H2,1-2H3,(H,21,23)(H,22,24). The van der Waals surface area contributed by atoms with E-state index in [0.29, 0.717) is 33.8 Å². The number of rotatable bonds is 5. The fraction of sp³-hybridized carbons (Fsp3) is 0.263. The fourth-order valence-corrected chi connectivity index (χ4v) is 2.69. The van der Waals surface area contributed by atoms with Gasteiger partial charge in [0.1, 0.15) is 11.5 Å². The van der Waals surface area contributed by atoms with Gasteiger partial charge in [-0.1, -0.05) is 37.6 Å². The van der Waals surface area contributed by atoms with Crippen molar-refractivity contribution in [2.45, 2.75) is 19.8 Å². The molecule has 0 radical (unpaired) electrons. The van der Waals surface area contributed by atoms with E-state index >= 15 is 0 Å². The van der Waals surface area contributed by atoms with Crippen molar-refractivity contribution < 1.29 is 19.1 Å². The van der Waals surface area contributed by atoms with Crippen LogP contribution in [0, 0.1) is 0 Å². The maximum absolute atomic E-state index is 12.1. The highest BCUT2D eigenvalue weighted by Gasteiger charge is 2.19. The van der Waals surface area contributed by atoms with Crippen LogP contribution >= 0.6 is 11.6 Å². The number of hydrogen-bond donors (Lipinski definition) is 2. The van der Waals surface area contributed by atoms with Crippen molar-refractivity contribution in [3.05, 3.63) is 47.0 Å². The molecule has 0 bridgehead atoms. The van der Waals surface area contributed by atoms with Crippen molar-refractivity contribution in [3.63, 3.8) is 0 Å². The van der Waals surface area contributed by atoms with Gasteiger partial charge in [-0.15, -0.1) is 0 Å². The summed E-state index contributed by atoms with van der Waals surface area (Å²) in [6.07, 6.45) is 0. The molecular weight excluding hydrogens is 356 g/mol. The normalized spacial score (nSPS) is 12.8. The van der Waals surface area contributed by atoms with Gasteiger partial charge in [0.15, 0.2) is 13.2 Å². The fourth-order valence-electron chi connectivity index (χ4n) is 2.48. The minimum atomic E-state index is -0.348. The van der Waals surface area contributed by atoms with E-state index in [0.717, 1.165) is 0 Å². The summed E-state index contributed by atoms with van der Waals surface area (Å²) < 4.78 is 10.8. The molecule has 1 aliphatic rings. The van der Waals surface area contributed by atoms with E-state index in [4.69, 9.17) is 21.1 Å². The predicted octanol–water partition coefficient (Wildman–Crippen LogP) is 3.81. The number of nitrogens with one attached hydrogen (secondary N) is 2. The van der Waals surface area contributed by atoms with Crippen molar-refractivity contribution >= 4 is 34.8 Å². The predicted molar refractivity (Wildman–Crippen MR) is 100 cm³/mol. The van der Waals surface area contributed by atoms with Gasteiger partial charge in [0, 0.05) is 6.07 Å². The lowest BCUT2D eigenvalue weighted by atomic mass is 10.0. The molecule has 1 heterocycles. The summed E-state index contributed by atoms with van der Waals surface area (Å²) in [5.74, 6) is 0.911. The Morgan fingerprint density at radius 1 is 1.31 bits per heavy atom. The van der Waals surface area contributed by atoms with Gasteiger partial charge in [-0.25, -0.2) is 0 Å². The van der Waals surface area contributed by atoms with E-state index in [9.17, 15) is 9.59 Å². The average Bonchev–Trinajstić information content (AvgIpc) is 2.61. The number of anilines is 2. The number of hydrogen-bond acceptors (Lipinski definition) is 4. The molecule has 0 fully saturated rings. The second-order valence-electron chi connectivity index (χ2n) is 6.23. The summed E-state index contributed by atoms with van der Waals surface area (Å²) in [5.41, 5.74) is 2.07. The molecule has 0 saturated carbocycles. The Morgan fingerprint density at radius 2 is 2.04 bits per heavy atom. The van der Waals surface area contributed by atoms with E-state index in [-0.39, 0.29) is 25.0 Å². The van der Waals surface area contributed by atoms with Crippen LogP contribution in [0.5, 0.6) is 11.5 Å². The van der Waals surface area contributed by atoms with Crippen LogP contribution in [0.3, 0.4) is 0 Å². The van der Waals surface area contributed by atoms with Gasteiger partial charge in [-0.05, 0) is 29.7 Å². The zero-order valence-electron chi connectivity index (χ0n) is 14.5. The maximum atomic E-state index is 12.1. The molecule has 2 amide bonds. The van der Waals surface area contributed by atoms with E-state index < -0.39 is 0 Å². The molecule has 2 aromatic rings. The van der Waals surface area contributed by atoms with Gasteiger partial charge >= 0.3 is 0 Å². The molecule has 6 nitrogen and oxygen atoms in total. The Morgan fingerprint density at radius 3 is 2.73 bits per heavy atom. The zero-order chi connectivity index (χ0) is 18.7. The van der Waals surface area contributed by atoms with Crippen molar-refractivity contribution in [1.82, 2.24) is 0 Å². The molecule has 0 aromatic heterocycles. The first-order chi connectivity index (χ1) is 12.4. The molecule has 26 heavy (non-hydrogen) atoms. The molecule has 0 spiro atoms. The molecule has 0 saturated heterocycles. The zero-order valence-corrected chi connectivity index (χ0v) is 15.2. The van der Waals surface area contributed by atoms with Crippen LogP contribution in [-0.2, 0) is 9.59 Å². The van der Waals surface area contributed by atoms with Gasteiger partial charge in [0.2, 0.25) is 0 Å². The number of carbonyl (C=O) groups excluding carboxylic acids is 2. The number of carbonyl (C=O) groups is 2. The van der Waals surface area contributed by atoms with E-state index in [1.54, 1.807) is 6.07 Å². The third kappa shape index (κ3) is 4.26. The molecular formula is C19H19ClN2O4. The van der Waals surface area contributed by atoms with Crippen LogP contribution in [0.2, 0.25) is 5.02 Å². The highest BCUT2D eigenvalue weighted by molar-refractivity contribution is 6.34. The highest BCUT2D eigenvalue weighted by Crippen LogP contribution is 2.36. The van der Waals surface area contributed by atoms with Gasteiger partial charge in [0.25, 0.3) is 11.8 Å². The van der Waals surface area contributed by atoms with Crippen molar-refractivity contribution in [2.75, 3.05) is 23.8 Å². The van der Waals surface area contributed by atoms with Gasteiger partial charge in [-0.2, -0.15) is 0 Å². The maximum Gasteiger partial charge on any atom is 0.262 e. The number of benzene rings is 2. The smallest absolute Gasteiger partial charge is 0.262 e. The summed E-state index contributed by atoms with van der Waals surface area (Å²) in [6.45, 7) is 4.01. The Hall–Kier alpha value is -2.73. The molecule has 3 rings (SSSR count). The SMILES string of the molecule is CC(C)c1ccc(OCC(=O)Nc2cc3c(cc2Cl)NC(=O)CO3)cc1. The molecule has 1 aliphatic heterocycles. The number of ether oxygens (including phenoxy) is 2. The summed E-state index contributed by atoms with van der Waals surface area (Å²) in [5, 5.41) is 5.63. The van der Waals surface area contributed by atoms with Crippen molar-refractivity contribution in [1.29, 1.82) is 0 Å². The van der Waals surface area contributed by atoms with Gasteiger partial charge in [0.05, 0.1) is 16.4 Å². The minimum Gasteiger partial charge on any atom is -0.484 e. The molecule has 0 atom stereocenters. The van der Waals surface area contributed by atoms with E-state index in [1.807, 2.05) is 24.3 Å². The second-order valence-corrected chi connectivity index (χ2v) is 6.63. The topological polar surface area (TPSA) is 76.7 Å². The van der Waals surface area contributed by atoms with Gasteiger partial charge in [-0.3, -0.25) is 9.59 Å². The highest BCUT2D eigenvalue weighted by atomic mass is 35.5. The van der Waals surface area contributed by atoms with E-state index in [2.05, 4.69) is 24.5 Å². The molecule has 7 heteroatoms. The van der Waals surface area contributed by atoms with Crippen LogP contribution < -0.4 is 20.1 Å². The molecule has 0 aliphatic carbocycles. The van der Waals surface area contributed by atoms with Crippen LogP contribution in [0.4, 0.5) is 11.4 Å². The largest absolute Gasteiger partial charge is 0.484 e. The third-order valence-electron chi connectivity index (χ3n) is 3.89. The second kappa shape index (κ2) is 7.66. The Labute approximate surface area is 156 Å². The third-order valence-corrected chi connectivity index (χ3v) is 4.21. The first-order valence-electron chi connectivity index (χ1n) is 8.21. The molecule has 2 N–H and O–H groups in total. The van der Waals surface area contributed by atoms with E-state index in [1.165, 1.54) is 11.6 Å². The lowest BCUT2D eigenvalue weighted by molar-refractivity contribution is -0.119. The van der Waals surface area contributed by atoms with Crippen LogP contribution in [0.25, 0.3) is 0 Å². The number of fused-ring (bicyclic) bond motifs is 1. The lowest BCUT2D eigenvalue weighted by Gasteiger charge is -2.19. The lowest BCUT2D eigenvalue weighted by Crippen LogP contribution is -2.26. The van der Waals surface area contributed by atoms with Crippen LogP contribution in [0.15, 0.2) is 36.4 Å². The van der Waals surface area contributed by atoms with Crippen LogP contribution in [-0.4, -0.2) is 25.0 Å². The Bertz CT molecular complexity index is 834. The summed E-state index contributed by atoms with van der Waals surface area (Å²) in [6, 6.07) is 10.7. The summed E-state index contributed by atoms with van der Waals surface area (Å²) in [4.78, 5) is 23.4. The number of halogens is 1. The van der Waals surface area contributed by atoms with Crippen molar-refractivity contribution in [2.24, 2.45) is 0 Å². The van der Waals surface area contributed by atoms with Gasteiger partial charge < -0.3 is 20.1 Å². The minimum absolute atomic E-state index is 0.0719. The average molecular weight is 375 g/mol. The molecule has 2 aromatic carbocycles. The first-order valence-corrected chi connectivity index (χ1v) is 8.59. The van der Waals surface area contributed by atoms with Crippen molar-refractivity contribution in [3.8, 4) is 11.5 Å². The quantitative estimate of drug-likeness (QED) is 0.834. The summed E-state index contributed by atoms with van der Waals surface area (Å²) in [7, 11) is 0. The Balaban J connectivity index is 1.60. The number of amides is 2. The monoisotopic (exact) mass is 374 g/mol. The molecule has 0 unspecified atom stereocenters. The molecule has 136 valence electrons. The Kier molecular flexibility index (Phi) is 5.32. The van der Waals surface area contributed by atoms with Crippen LogP contribution in [0.1, 0.15) is 25.3 Å². The summed E-state index contributed by atoms with van der Waals surface area (Å²) >= 11 is 6.15.